The number of hydrogen-bond donors (Lipinski definition) is 0. The first-order valence-electron chi connectivity index (χ1n) is 10.6. The van der Waals surface area contributed by atoms with Crippen molar-refractivity contribution in [3.63, 3.8) is 0 Å². The van der Waals surface area contributed by atoms with E-state index in [-0.39, 0.29) is 35.2 Å². The van der Waals surface area contributed by atoms with Gasteiger partial charge in [0.05, 0.1) is 18.1 Å². The molecule has 2 amide bonds. The summed E-state index contributed by atoms with van der Waals surface area (Å²) in [5.74, 6) is -1.12. The summed E-state index contributed by atoms with van der Waals surface area (Å²) < 4.78 is 43.2. The SMILES string of the molecule is CCOC(=O)C1CCCN(C(=O)C2CCN(C(=O)c3ccc(C(F)(F)F)cc3)CC2)C1. The van der Waals surface area contributed by atoms with E-state index in [0.29, 0.717) is 52.0 Å². The van der Waals surface area contributed by atoms with Crippen LogP contribution in [0.2, 0.25) is 0 Å². The third-order valence-electron chi connectivity index (χ3n) is 5.94. The molecular weight excluding hydrogens is 413 g/mol. The first-order chi connectivity index (χ1) is 14.7. The standard InChI is InChI=1S/C22H27F3N2O4/c1-2-31-21(30)17-4-3-11-27(14-17)20(29)16-9-12-26(13-10-16)19(28)15-5-7-18(8-6-15)22(23,24)25/h5-8,16-17H,2-4,9-14H2,1H3. The van der Waals surface area contributed by atoms with E-state index in [4.69, 9.17) is 4.74 Å². The van der Waals surface area contributed by atoms with Crippen LogP contribution in [0, 0.1) is 11.8 Å². The second-order valence-corrected chi connectivity index (χ2v) is 8.02. The molecule has 1 aromatic carbocycles. The van der Waals surface area contributed by atoms with E-state index in [1.807, 2.05) is 0 Å². The zero-order valence-corrected chi connectivity index (χ0v) is 17.5. The van der Waals surface area contributed by atoms with Crippen molar-refractivity contribution in [3.8, 4) is 0 Å². The van der Waals surface area contributed by atoms with Gasteiger partial charge in [-0.3, -0.25) is 14.4 Å². The lowest BCUT2D eigenvalue weighted by Gasteiger charge is -2.37. The molecule has 0 N–H and O–H groups in total. The van der Waals surface area contributed by atoms with Crippen molar-refractivity contribution < 1.29 is 32.3 Å². The number of amides is 2. The lowest BCUT2D eigenvalue weighted by molar-refractivity contribution is -0.152. The second kappa shape index (κ2) is 9.70. The first-order valence-corrected chi connectivity index (χ1v) is 10.6. The average Bonchev–Trinajstić information content (AvgIpc) is 2.78. The van der Waals surface area contributed by atoms with E-state index in [1.54, 1.807) is 16.7 Å². The fourth-order valence-corrected chi connectivity index (χ4v) is 4.20. The summed E-state index contributed by atoms with van der Waals surface area (Å²) in [7, 11) is 0. The Morgan fingerprint density at radius 2 is 1.61 bits per heavy atom. The Morgan fingerprint density at radius 3 is 2.19 bits per heavy atom. The molecule has 0 spiro atoms. The second-order valence-electron chi connectivity index (χ2n) is 8.02. The van der Waals surface area contributed by atoms with Gasteiger partial charge in [-0.15, -0.1) is 0 Å². The summed E-state index contributed by atoms with van der Waals surface area (Å²) in [6.45, 7) is 3.77. The number of nitrogens with zero attached hydrogens (tertiary/aromatic N) is 2. The maximum Gasteiger partial charge on any atom is 0.416 e. The Kier molecular flexibility index (Phi) is 7.23. The van der Waals surface area contributed by atoms with Crippen molar-refractivity contribution in [2.24, 2.45) is 11.8 Å². The number of carbonyl (C=O) groups excluding carboxylic acids is 3. The smallest absolute Gasteiger partial charge is 0.416 e. The summed E-state index contributed by atoms with van der Waals surface area (Å²) >= 11 is 0. The predicted molar refractivity (Wildman–Crippen MR) is 106 cm³/mol. The molecule has 170 valence electrons. The topological polar surface area (TPSA) is 66.9 Å². The van der Waals surface area contributed by atoms with Crippen molar-refractivity contribution in [2.75, 3.05) is 32.8 Å². The number of ether oxygens (including phenoxy) is 1. The molecule has 31 heavy (non-hydrogen) atoms. The number of benzene rings is 1. The molecule has 1 aromatic rings. The zero-order chi connectivity index (χ0) is 22.6. The van der Waals surface area contributed by atoms with Gasteiger partial charge in [-0.1, -0.05) is 0 Å². The number of hydrogen-bond acceptors (Lipinski definition) is 4. The molecule has 0 aliphatic carbocycles. The molecule has 2 saturated heterocycles. The summed E-state index contributed by atoms with van der Waals surface area (Å²) in [5, 5.41) is 0. The van der Waals surface area contributed by atoms with Crippen LogP contribution in [0.3, 0.4) is 0 Å². The third kappa shape index (κ3) is 5.57. The van der Waals surface area contributed by atoms with Crippen molar-refractivity contribution in [1.29, 1.82) is 0 Å². The first kappa shape index (κ1) is 23.1. The molecule has 2 fully saturated rings. The maximum atomic E-state index is 12.9. The number of likely N-dealkylation sites (tertiary alicyclic amines) is 2. The number of carbonyl (C=O) groups is 3. The number of piperidine rings is 2. The highest BCUT2D eigenvalue weighted by atomic mass is 19.4. The summed E-state index contributed by atoms with van der Waals surface area (Å²) in [6, 6.07) is 4.18. The highest BCUT2D eigenvalue weighted by Gasteiger charge is 2.35. The molecule has 3 rings (SSSR count). The van der Waals surface area contributed by atoms with Crippen LogP contribution in [0.5, 0.6) is 0 Å². The molecule has 1 atom stereocenters. The van der Waals surface area contributed by atoms with Crippen LogP contribution in [0.4, 0.5) is 13.2 Å². The largest absolute Gasteiger partial charge is 0.466 e. The number of alkyl halides is 3. The molecule has 2 aliphatic rings. The highest BCUT2D eigenvalue weighted by Crippen LogP contribution is 2.30. The van der Waals surface area contributed by atoms with Crippen LogP contribution < -0.4 is 0 Å². The van der Waals surface area contributed by atoms with Gasteiger partial charge in [0.1, 0.15) is 0 Å². The number of esters is 1. The van der Waals surface area contributed by atoms with Crippen molar-refractivity contribution >= 4 is 17.8 Å². The minimum atomic E-state index is -4.44. The van der Waals surface area contributed by atoms with E-state index < -0.39 is 11.7 Å². The quantitative estimate of drug-likeness (QED) is 0.674. The van der Waals surface area contributed by atoms with Gasteiger partial charge in [-0.25, -0.2) is 0 Å². The normalized spacial score (nSPS) is 20.5. The van der Waals surface area contributed by atoms with Gasteiger partial charge >= 0.3 is 12.1 Å². The van der Waals surface area contributed by atoms with Crippen molar-refractivity contribution in [3.05, 3.63) is 35.4 Å². The summed E-state index contributed by atoms with van der Waals surface area (Å²) in [5.41, 5.74) is -0.595. The highest BCUT2D eigenvalue weighted by molar-refractivity contribution is 5.94. The van der Waals surface area contributed by atoms with E-state index in [9.17, 15) is 27.6 Å². The summed E-state index contributed by atoms with van der Waals surface area (Å²) in [6.07, 6.45) is -2.00. The van der Waals surface area contributed by atoms with E-state index in [2.05, 4.69) is 0 Å². The lowest BCUT2D eigenvalue weighted by atomic mass is 9.92. The molecule has 2 heterocycles. The zero-order valence-electron chi connectivity index (χ0n) is 17.5. The van der Waals surface area contributed by atoms with Crippen LogP contribution in [-0.2, 0) is 20.5 Å². The van der Waals surface area contributed by atoms with Crippen LogP contribution >= 0.6 is 0 Å². The molecular formula is C22H27F3N2O4. The van der Waals surface area contributed by atoms with Gasteiger partial charge in [0, 0.05) is 37.7 Å². The predicted octanol–water partition coefficient (Wildman–Crippen LogP) is 3.36. The number of rotatable bonds is 4. The Hall–Kier alpha value is -2.58. The van der Waals surface area contributed by atoms with E-state index in [0.717, 1.165) is 18.6 Å². The Labute approximate surface area is 179 Å². The van der Waals surface area contributed by atoms with Crippen molar-refractivity contribution in [1.82, 2.24) is 9.80 Å². The van der Waals surface area contributed by atoms with Crippen LogP contribution in [0.1, 0.15) is 48.5 Å². The Bertz CT molecular complexity index is 802. The minimum Gasteiger partial charge on any atom is -0.466 e. The van der Waals surface area contributed by atoms with Crippen LogP contribution in [0.15, 0.2) is 24.3 Å². The molecule has 9 heteroatoms. The molecule has 0 bridgehead atoms. The van der Waals surface area contributed by atoms with Crippen molar-refractivity contribution in [2.45, 2.75) is 38.8 Å². The van der Waals surface area contributed by atoms with Gasteiger partial charge < -0.3 is 14.5 Å². The van der Waals surface area contributed by atoms with Gasteiger partial charge in [-0.05, 0) is 56.9 Å². The van der Waals surface area contributed by atoms with Gasteiger partial charge in [0.15, 0.2) is 0 Å². The molecule has 2 aliphatic heterocycles. The van der Waals surface area contributed by atoms with Crippen LogP contribution in [-0.4, -0.2) is 60.4 Å². The number of halogens is 3. The molecule has 6 nitrogen and oxygen atoms in total. The fourth-order valence-electron chi connectivity index (χ4n) is 4.20. The molecule has 0 radical (unpaired) electrons. The Balaban J connectivity index is 1.53. The van der Waals surface area contributed by atoms with Gasteiger partial charge in [-0.2, -0.15) is 13.2 Å². The fraction of sp³-hybridized carbons (Fsp3) is 0.591. The van der Waals surface area contributed by atoms with E-state index >= 15 is 0 Å². The average molecular weight is 440 g/mol. The van der Waals surface area contributed by atoms with Gasteiger partial charge in [0.2, 0.25) is 5.91 Å². The molecule has 0 saturated carbocycles. The van der Waals surface area contributed by atoms with E-state index in [1.165, 1.54) is 12.1 Å². The summed E-state index contributed by atoms with van der Waals surface area (Å²) in [4.78, 5) is 40.8. The molecule has 1 unspecified atom stereocenters. The minimum absolute atomic E-state index is 0.00405. The van der Waals surface area contributed by atoms with Crippen LogP contribution in [0.25, 0.3) is 0 Å². The van der Waals surface area contributed by atoms with Gasteiger partial charge in [0.25, 0.3) is 5.91 Å². The lowest BCUT2D eigenvalue weighted by Crippen LogP contribution is -2.48. The molecule has 0 aromatic heterocycles. The monoisotopic (exact) mass is 440 g/mol. The Morgan fingerprint density at radius 1 is 0.968 bits per heavy atom. The third-order valence-corrected chi connectivity index (χ3v) is 5.94. The maximum absolute atomic E-state index is 12.9.